The zero-order chi connectivity index (χ0) is 19.4. The van der Waals surface area contributed by atoms with Gasteiger partial charge in [0.05, 0.1) is 26.1 Å². The number of ether oxygens (including phenoxy) is 2. The number of nitrogens with one attached hydrogen (secondary N) is 2. The van der Waals surface area contributed by atoms with E-state index >= 15 is 0 Å². The van der Waals surface area contributed by atoms with Gasteiger partial charge in [-0.2, -0.15) is 5.10 Å². The van der Waals surface area contributed by atoms with E-state index in [4.69, 9.17) is 9.47 Å². The van der Waals surface area contributed by atoms with Crippen LogP contribution in [-0.4, -0.2) is 24.4 Å². The van der Waals surface area contributed by atoms with E-state index < -0.39 is 0 Å². The van der Waals surface area contributed by atoms with Crippen LogP contribution < -0.4 is 14.8 Å². The van der Waals surface area contributed by atoms with E-state index in [-0.39, 0.29) is 30.4 Å². The third-order valence-electron chi connectivity index (χ3n) is 5.77. The van der Waals surface area contributed by atoms with Gasteiger partial charge < -0.3 is 14.8 Å². The second kappa shape index (κ2) is 10.7. The van der Waals surface area contributed by atoms with Crippen LogP contribution in [0, 0.1) is 0 Å². The minimum absolute atomic E-state index is 0. The highest BCUT2D eigenvalue weighted by Gasteiger charge is 2.37. The van der Waals surface area contributed by atoms with Gasteiger partial charge in [0.1, 0.15) is 11.5 Å². The number of halogens is 2. The van der Waals surface area contributed by atoms with E-state index in [9.17, 15) is 0 Å². The molecule has 1 aliphatic carbocycles. The van der Waals surface area contributed by atoms with Gasteiger partial charge in [-0.25, -0.2) is 0 Å². The molecule has 0 unspecified atom stereocenters. The third kappa shape index (κ3) is 4.75. The first-order chi connectivity index (χ1) is 13.8. The van der Waals surface area contributed by atoms with Crippen molar-refractivity contribution in [2.75, 3.05) is 14.2 Å². The number of hydrogen-bond acceptors (Lipinski definition) is 4. The lowest BCUT2D eigenvalue weighted by atomic mass is 9.87. The topological polar surface area (TPSA) is 59.2 Å². The van der Waals surface area contributed by atoms with Crippen LogP contribution in [0.4, 0.5) is 0 Å². The van der Waals surface area contributed by atoms with Gasteiger partial charge in [-0.05, 0) is 31.0 Å². The second-order valence-electron chi connectivity index (χ2n) is 7.35. The number of nitrogens with zero attached hydrogens (tertiary/aromatic N) is 1. The lowest BCUT2D eigenvalue weighted by Crippen LogP contribution is -2.39. The van der Waals surface area contributed by atoms with Crippen molar-refractivity contribution < 1.29 is 9.47 Å². The fourth-order valence-corrected chi connectivity index (χ4v) is 4.30. The number of methoxy groups -OCH3 is 2. The van der Waals surface area contributed by atoms with Crippen molar-refractivity contribution in [1.29, 1.82) is 0 Å². The van der Waals surface area contributed by atoms with Crippen LogP contribution in [0.3, 0.4) is 0 Å². The average Bonchev–Trinajstić information content (AvgIpc) is 3.42. The van der Waals surface area contributed by atoms with Crippen molar-refractivity contribution in [1.82, 2.24) is 15.5 Å². The highest BCUT2D eigenvalue weighted by atomic mass is 35.5. The summed E-state index contributed by atoms with van der Waals surface area (Å²) in [6, 6.07) is 16.4. The monoisotopic (exact) mass is 449 g/mol. The standard InChI is InChI=1S/C23H27N3O2.2ClH/c1-27-19-9-7-8-17(14-19)22-18(16-25-26-22)15-24-23(12-5-6-13-23)20-10-3-4-11-21(20)28-2;;/h3-4,7-11,14,16,24H,5-6,12-13,15H2,1-2H3,(H,25,26);2*1H. The highest BCUT2D eigenvalue weighted by Crippen LogP contribution is 2.43. The molecule has 0 amide bonds. The molecule has 0 spiro atoms. The zero-order valence-electron chi connectivity index (χ0n) is 17.3. The summed E-state index contributed by atoms with van der Waals surface area (Å²) in [5.74, 6) is 1.80. The minimum Gasteiger partial charge on any atom is -0.497 e. The van der Waals surface area contributed by atoms with E-state index in [0.29, 0.717) is 0 Å². The Bertz CT molecular complexity index is 939. The predicted octanol–water partition coefficient (Wildman–Crippen LogP) is 5.50. The van der Waals surface area contributed by atoms with Crippen LogP contribution in [0.2, 0.25) is 0 Å². The molecule has 0 bridgehead atoms. The van der Waals surface area contributed by atoms with Gasteiger partial charge >= 0.3 is 0 Å². The van der Waals surface area contributed by atoms with Gasteiger partial charge in [0.15, 0.2) is 0 Å². The summed E-state index contributed by atoms with van der Waals surface area (Å²) in [6.07, 6.45) is 6.57. The minimum atomic E-state index is -0.0600. The van der Waals surface area contributed by atoms with E-state index in [1.807, 2.05) is 30.5 Å². The van der Waals surface area contributed by atoms with Gasteiger partial charge in [-0.1, -0.05) is 43.2 Å². The molecule has 4 rings (SSSR count). The summed E-state index contributed by atoms with van der Waals surface area (Å²) in [6.45, 7) is 0.737. The molecule has 0 atom stereocenters. The molecule has 30 heavy (non-hydrogen) atoms. The van der Waals surface area contributed by atoms with Gasteiger partial charge in [-0.15, -0.1) is 24.8 Å². The summed E-state index contributed by atoms with van der Waals surface area (Å²) < 4.78 is 11.0. The lowest BCUT2D eigenvalue weighted by Gasteiger charge is -2.32. The first kappa shape index (κ1) is 24.1. The first-order valence-electron chi connectivity index (χ1n) is 9.81. The van der Waals surface area contributed by atoms with E-state index in [1.165, 1.54) is 18.4 Å². The zero-order valence-corrected chi connectivity index (χ0v) is 18.9. The number of hydrogen-bond donors (Lipinski definition) is 2. The van der Waals surface area contributed by atoms with Crippen molar-refractivity contribution in [3.8, 4) is 22.8 Å². The largest absolute Gasteiger partial charge is 0.497 e. The summed E-state index contributed by atoms with van der Waals surface area (Å²) in [4.78, 5) is 0. The maximum Gasteiger partial charge on any atom is 0.123 e. The SMILES string of the molecule is COc1cccc(-c2[nH]ncc2CNC2(c3ccccc3OC)CCCC2)c1.Cl.Cl. The van der Waals surface area contributed by atoms with Crippen LogP contribution >= 0.6 is 24.8 Å². The molecule has 2 aromatic carbocycles. The maximum absolute atomic E-state index is 5.67. The number of aromatic nitrogens is 2. The van der Waals surface area contributed by atoms with Crippen LogP contribution in [0.5, 0.6) is 11.5 Å². The molecule has 1 heterocycles. The van der Waals surface area contributed by atoms with Crippen LogP contribution in [-0.2, 0) is 12.1 Å². The van der Waals surface area contributed by atoms with Gasteiger partial charge in [-0.3, -0.25) is 5.10 Å². The Balaban J connectivity index is 0.00000160. The quantitative estimate of drug-likeness (QED) is 0.499. The molecule has 0 radical (unpaired) electrons. The molecule has 5 nitrogen and oxygen atoms in total. The van der Waals surface area contributed by atoms with Gasteiger partial charge in [0, 0.05) is 28.8 Å². The van der Waals surface area contributed by atoms with Gasteiger partial charge in [0.25, 0.3) is 0 Å². The Hall–Kier alpha value is -2.21. The van der Waals surface area contributed by atoms with Crippen LogP contribution in [0.25, 0.3) is 11.3 Å². The molecule has 1 aliphatic rings. The molecule has 7 heteroatoms. The Morgan fingerprint density at radius 3 is 2.50 bits per heavy atom. The number of H-pyrrole nitrogens is 1. The molecule has 1 aromatic heterocycles. The van der Waals surface area contributed by atoms with E-state index in [2.05, 4.69) is 39.8 Å². The fraction of sp³-hybridized carbons (Fsp3) is 0.348. The Morgan fingerprint density at radius 2 is 1.77 bits per heavy atom. The second-order valence-corrected chi connectivity index (χ2v) is 7.35. The molecule has 1 saturated carbocycles. The van der Waals surface area contributed by atoms with E-state index in [1.54, 1.807) is 14.2 Å². The van der Waals surface area contributed by atoms with Crippen molar-refractivity contribution >= 4 is 24.8 Å². The predicted molar refractivity (Wildman–Crippen MR) is 125 cm³/mol. The molecular weight excluding hydrogens is 421 g/mol. The molecule has 162 valence electrons. The Morgan fingerprint density at radius 1 is 1.00 bits per heavy atom. The number of rotatable bonds is 7. The maximum atomic E-state index is 5.67. The Labute approximate surface area is 190 Å². The molecule has 3 aromatic rings. The fourth-order valence-electron chi connectivity index (χ4n) is 4.30. The van der Waals surface area contributed by atoms with Crippen LogP contribution in [0.15, 0.2) is 54.7 Å². The van der Waals surface area contributed by atoms with E-state index in [0.717, 1.165) is 47.7 Å². The van der Waals surface area contributed by atoms with Crippen LogP contribution in [0.1, 0.15) is 36.8 Å². The smallest absolute Gasteiger partial charge is 0.123 e. The summed E-state index contributed by atoms with van der Waals surface area (Å²) >= 11 is 0. The van der Waals surface area contributed by atoms with Crippen molar-refractivity contribution in [3.63, 3.8) is 0 Å². The number of aromatic amines is 1. The molecule has 0 saturated heterocycles. The summed E-state index contributed by atoms with van der Waals surface area (Å²) in [7, 11) is 3.43. The first-order valence-corrected chi connectivity index (χ1v) is 9.81. The molecule has 2 N–H and O–H groups in total. The number of para-hydroxylation sites is 1. The third-order valence-corrected chi connectivity index (χ3v) is 5.77. The average molecular weight is 450 g/mol. The lowest BCUT2D eigenvalue weighted by molar-refractivity contribution is 0.317. The normalized spacial score (nSPS) is 14.5. The number of benzene rings is 2. The van der Waals surface area contributed by atoms with Crippen molar-refractivity contribution in [2.24, 2.45) is 0 Å². The molecule has 0 aliphatic heterocycles. The molecular formula is C23H29Cl2N3O2. The van der Waals surface area contributed by atoms with Crippen molar-refractivity contribution in [3.05, 3.63) is 65.9 Å². The summed E-state index contributed by atoms with van der Waals surface area (Å²) in [5.41, 5.74) is 4.44. The Kier molecular flexibility index (Phi) is 8.59. The molecule has 1 fully saturated rings. The highest BCUT2D eigenvalue weighted by molar-refractivity contribution is 5.85. The summed E-state index contributed by atoms with van der Waals surface area (Å²) in [5, 5.41) is 11.3. The van der Waals surface area contributed by atoms with Gasteiger partial charge in [0.2, 0.25) is 0 Å². The van der Waals surface area contributed by atoms with Crippen molar-refractivity contribution in [2.45, 2.75) is 37.8 Å².